The number of hydrogen-bond donors (Lipinski definition) is 0. The summed E-state index contributed by atoms with van der Waals surface area (Å²) >= 11 is 0. The second-order valence-corrected chi connectivity index (χ2v) is 5.71. The van der Waals surface area contributed by atoms with E-state index in [1.807, 2.05) is 0 Å². The van der Waals surface area contributed by atoms with E-state index in [2.05, 4.69) is 0 Å². The molecule has 0 spiro atoms. The van der Waals surface area contributed by atoms with E-state index in [4.69, 9.17) is 23.7 Å². The normalized spacial score (nSPS) is 29.4. The van der Waals surface area contributed by atoms with E-state index in [9.17, 15) is 9.59 Å². The van der Waals surface area contributed by atoms with Gasteiger partial charge in [0.15, 0.2) is 6.10 Å². The van der Waals surface area contributed by atoms with Crippen LogP contribution in [0.15, 0.2) is 30.3 Å². The molecule has 2 rings (SSSR count). The quantitative estimate of drug-likeness (QED) is 0.508. The van der Waals surface area contributed by atoms with E-state index in [1.54, 1.807) is 30.3 Å². The first-order valence-corrected chi connectivity index (χ1v) is 7.95. The van der Waals surface area contributed by atoms with Crippen molar-refractivity contribution in [3.63, 3.8) is 0 Å². The summed E-state index contributed by atoms with van der Waals surface area (Å²) in [6.07, 6.45) is -3.52. The van der Waals surface area contributed by atoms with Gasteiger partial charge in [-0.2, -0.15) is 0 Å². The fourth-order valence-electron chi connectivity index (χ4n) is 3.10. The number of hydrogen-bond acceptors (Lipinski definition) is 7. The lowest BCUT2D eigenvalue weighted by molar-refractivity contribution is -0.243. The number of Topliss-reactive ketones (excluding diaryl/α,β-unsaturated/α-hetero) is 2. The Morgan fingerprint density at radius 3 is 2.04 bits per heavy atom. The van der Waals surface area contributed by atoms with Gasteiger partial charge in [-0.25, -0.2) is 0 Å². The van der Waals surface area contributed by atoms with E-state index in [0.29, 0.717) is 5.56 Å². The van der Waals surface area contributed by atoms with Gasteiger partial charge in [-0.3, -0.25) is 9.59 Å². The van der Waals surface area contributed by atoms with Crippen LogP contribution in [0, 0.1) is 0 Å². The smallest absolute Gasteiger partial charge is 0.234 e. The topological polar surface area (TPSA) is 80.3 Å². The zero-order valence-corrected chi connectivity index (χ0v) is 14.8. The van der Waals surface area contributed by atoms with Crippen LogP contribution in [0.4, 0.5) is 0 Å². The van der Waals surface area contributed by atoms with Crippen LogP contribution in [0.2, 0.25) is 0 Å². The van der Waals surface area contributed by atoms with Gasteiger partial charge < -0.3 is 23.7 Å². The van der Waals surface area contributed by atoms with Crippen molar-refractivity contribution in [1.29, 1.82) is 0 Å². The Balaban J connectivity index is 2.30. The fraction of sp³-hybridized carbons (Fsp3) is 0.556. The van der Waals surface area contributed by atoms with Gasteiger partial charge in [0.1, 0.15) is 24.4 Å². The van der Waals surface area contributed by atoms with Crippen LogP contribution >= 0.6 is 0 Å². The SMILES string of the molecule is COC[C@H]1O[C@H](C(=O)C(=O)c2ccccc2)[C@H](OC)[C@@H](OC)[C@@H]1OC. The van der Waals surface area contributed by atoms with Crippen molar-refractivity contribution in [3.05, 3.63) is 35.9 Å². The number of benzene rings is 1. The van der Waals surface area contributed by atoms with Gasteiger partial charge in [0, 0.05) is 34.0 Å². The molecule has 1 aliphatic heterocycles. The molecule has 1 saturated heterocycles. The molecule has 1 heterocycles. The van der Waals surface area contributed by atoms with Crippen molar-refractivity contribution in [2.24, 2.45) is 0 Å². The number of methoxy groups -OCH3 is 4. The number of rotatable bonds is 8. The highest BCUT2D eigenvalue weighted by molar-refractivity contribution is 6.45. The van der Waals surface area contributed by atoms with Crippen molar-refractivity contribution in [2.75, 3.05) is 35.0 Å². The molecule has 1 fully saturated rings. The Bertz CT molecular complexity index is 574. The van der Waals surface area contributed by atoms with Gasteiger partial charge >= 0.3 is 0 Å². The molecule has 0 saturated carbocycles. The first kappa shape index (κ1) is 19.7. The first-order valence-electron chi connectivity index (χ1n) is 7.95. The Kier molecular flexibility index (Phi) is 7.22. The minimum Gasteiger partial charge on any atom is -0.382 e. The molecular weight excluding hydrogens is 328 g/mol. The third-order valence-corrected chi connectivity index (χ3v) is 4.30. The maximum atomic E-state index is 12.8. The molecule has 1 aliphatic rings. The summed E-state index contributed by atoms with van der Waals surface area (Å²) in [6, 6.07) is 8.34. The molecular formula is C18H24O7. The molecule has 0 aromatic heterocycles. The molecule has 0 unspecified atom stereocenters. The van der Waals surface area contributed by atoms with Crippen molar-refractivity contribution in [2.45, 2.75) is 30.5 Å². The summed E-state index contributed by atoms with van der Waals surface area (Å²) in [5, 5.41) is 0. The highest BCUT2D eigenvalue weighted by Gasteiger charge is 2.50. The predicted octanol–water partition coefficient (Wildman–Crippen LogP) is 0.897. The van der Waals surface area contributed by atoms with E-state index in [1.165, 1.54) is 28.4 Å². The molecule has 138 valence electrons. The van der Waals surface area contributed by atoms with Crippen LogP contribution in [0.25, 0.3) is 0 Å². The zero-order chi connectivity index (χ0) is 18.4. The summed E-state index contributed by atoms with van der Waals surface area (Å²) in [4.78, 5) is 25.3. The van der Waals surface area contributed by atoms with Gasteiger partial charge in [0.2, 0.25) is 11.6 Å². The average molecular weight is 352 g/mol. The molecule has 0 aliphatic carbocycles. The highest BCUT2D eigenvalue weighted by Crippen LogP contribution is 2.28. The van der Waals surface area contributed by atoms with E-state index in [-0.39, 0.29) is 6.61 Å². The van der Waals surface area contributed by atoms with Gasteiger partial charge in [-0.05, 0) is 0 Å². The molecule has 1 aromatic rings. The molecule has 0 bridgehead atoms. The lowest BCUT2D eigenvalue weighted by Crippen LogP contribution is -2.63. The largest absolute Gasteiger partial charge is 0.382 e. The van der Waals surface area contributed by atoms with Gasteiger partial charge in [-0.1, -0.05) is 30.3 Å². The Labute approximate surface area is 147 Å². The monoisotopic (exact) mass is 352 g/mol. The molecule has 1 aromatic carbocycles. The highest BCUT2D eigenvalue weighted by atomic mass is 16.6. The number of ether oxygens (including phenoxy) is 5. The second kappa shape index (κ2) is 9.17. The van der Waals surface area contributed by atoms with Gasteiger partial charge in [-0.15, -0.1) is 0 Å². The minimum absolute atomic E-state index is 0.193. The first-order chi connectivity index (χ1) is 12.1. The van der Waals surface area contributed by atoms with Crippen molar-refractivity contribution < 1.29 is 33.3 Å². The van der Waals surface area contributed by atoms with Crippen LogP contribution < -0.4 is 0 Å². The summed E-state index contributed by atoms with van der Waals surface area (Å²) in [5.41, 5.74) is 0.303. The summed E-state index contributed by atoms with van der Waals surface area (Å²) < 4.78 is 27.4. The summed E-state index contributed by atoms with van der Waals surface area (Å²) in [6.45, 7) is 0.193. The molecule has 25 heavy (non-hydrogen) atoms. The van der Waals surface area contributed by atoms with E-state index >= 15 is 0 Å². The molecule has 5 atom stereocenters. The van der Waals surface area contributed by atoms with Crippen molar-refractivity contribution >= 4 is 11.6 Å². The van der Waals surface area contributed by atoms with Gasteiger partial charge in [0.25, 0.3) is 0 Å². The fourth-order valence-corrected chi connectivity index (χ4v) is 3.10. The third kappa shape index (κ3) is 4.13. The Morgan fingerprint density at radius 2 is 1.52 bits per heavy atom. The van der Waals surface area contributed by atoms with Crippen LogP contribution in [-0.4, -0.2) is 77.1 Å². The van der Waals surface area contributed by atoms with Crippen molar-refractivity contribution in [3.8, 4) is 0 Å². The van der Waals surface area contributed by atoms with E-state index in [0.717, 1.165) is 0 Å². The minimum atomic E-state index is -1.10. The maximum absolute atomic E-state index is 12.8. The van der Waals surface area contributed by atoms with Crippen LogP contribution in [0.5, 0.6) is 0 Å². The molecule has 7 nitrogen and oxygen atoms in total. The standard InChI is InChI=1S/C18H24O7/c1-21-10-12-15(22-2)17(23-3)18(24-4)16(25-12)14(20)13(19)11-8-6-5-7-9-11/h5-9,12,15-18H,10H2,1-4H3/t12-,15-,16-,17+,18+/m1/s1. The number of ketones is 2. The zero-order valence-electron chi connectivity index (χ0n) is 14.8. The lowest BCUT2D eigenvalue weighted by atomic mass is 9.90. The van der Waals surface area contributed by atoms with E-state index < -0.39 is 42.1 Å². The molecule has 0 N–H and O–H groups in total. The van der Waals surface area contributed by atoms with Crippen LogP contribution in [0.1, 0.15) is 10.4 Å². The Morgan fingerprint density at radius 1 is 0.920 bits per heavy atom. The van der Waals surface area contributed by atoms with Crippen molar-refractivity contribution in [1.82, 2.24) is 0 Å². The van der Waals surface area contributed by atoms with Crippen LogP contribution in [-0.2, 0) is 28.5 Å². The Hall–Kier alpha value is -1.64. The van der Waals surface area contributed by atoms with Crippen LogP contribution in [0.3, 0.4) is 0 Å². The summed E-state index contributed by atoms with van der Waals surface area (Å²) in [5.74, 6) is -1.31. The predicted molar refractivity (Wildman–Crippen MR) is 88.7 cm³/mol. The number of carbonyl (C=O) groups excluding carboxylic acids is 2. The molecule has 0 amide bonds. The number of carbonyl (C=O) groups is 2. The lowest BCUT2D eigenvalue weighted by Gasteiger charge is -2.44. The average Bonchev–Trinajstić information content (AvgIpc) is 2.66. The molecule has 0 radical (unpaired) electrons. The third-order valence-electron chi connectivity index (χ3n) is 4.30. The summed E-state index contributed by atoms with van der Waals surface area (Å²) in [7, 11) is 5.98. The molecule has 7 heteroatoms. The van der Waals surface area contributed by atoms with Gasteiger partial charge in [0.05, 0.1) is 6.61 Å². The maximum Gasteiger partial charge on any atom is 0.234 e. The second-order valence-electron chi connectivity index (χ2n) is 5.71.